The minimum absolute atomic E-state index is 0. The first kappa shape index (κ1) is 24.9. The lowest BCUT2D eigenvalue weighted by atomic mass is 9.89. The summed E-state index contributed by atoms with van der Waals surface area (Å²) in [7, 11) is 4.37. The minimum atomic E-state index is 0. The van der Waals surface area contributed by atoms with Gasteiger partial charge in [-0.2, -0.15) is 0 Å². The van der Waals surface area contributed by atoms with Gasteiger partial charge in [0.2, 0.25) is 0 Å². The van der Waals surface area contributed by atoms with E-state index in [2.05, 4.69) is 54.9 Å². The van der Waals surface area contributed by atoms with Gasteiger partial charge >= 0.3 is 0 Å². The van der Waals surface area contributed by atoms with Crippen molar-refractivity contribution in [2.45, 2.75) is 45.6 Å². The fraction of sp³-hybridized carbons (Fsp3) is 0.950. The Kier molecular flexibility index (Phi) is 11.5. The van der Waals surface area contributed by atoms with Crippen LogP contribution in [0.3, 0.4) is 0 Å². The van der Waals surface area contributed by atoms with E-state index >= 15 is 0 Å². The van der Waals surface area contributed by atoms with E-state index in [-0.39, 0.29) is 29.5 Å². The molecular weight excluding hydrogens is 453 g/mol. The maximum Gasteiger partial charge on any atom is 0.193 e. The van der Waals surface area contributed by atoms with Crippen LogP contribution < -0.4 is 5.32 Å². The summed E-state index contributed by atoms with van der Waals surface area (Å²) in [5, 5.41) is 3.53. The highest BCUT2D eigenvalue weighted by molar-refractivity contribution is 14.0. The SMILES string of the molecule is CCNC(=NCC1(N(C)C)CCOCC1)N1CCC(CN(CC)CC)C1.I. The summed E-state index contributed by atoms with van der Waals surface area (Å²) in [5.74, 6) is 1.85. The average molecular weight is 495 g/mol. The van der Waals surface area contributed by atoms with Crippen molar-refractivity contribution >= 4 is 29.9 Å². The molecule has 2 fully saturated rings. The summed E-state index contributed by atoms with van der Waals surface area (Å²) in [6.45, 7) is 15.9. The van der Waals surface area contributed by atoms with Crippen LogP contribution in [0.2, 0.25) is 0 Å². The van der Waals surface area contributed by atoms with Gasteiger partial charge in [0.25, 0.3) is 0 Å². The predicted molar refractivity (Wildman–Crippen MR) is 125 cm³/mol. The minimum Gasteiger partial charge on any atom is -0.381 e. The number of nitrogens with one attached hydrogen (secondary N) is 1. The molecule has 2 rings (SSSR count). The molecule has 0 aliphatic carbocycles. The molecule has 2 aliphatic heterocycles. The van der Waals surface area contributed by atoms with Crippen LogP contribution in [0.4, 0.5) is 0 Å². The standard InChI is InChI=1S/C20H41N5O.HI/c1-6-21-19(22-17-20(23(4)5)10-13-26-14-11-20)25-12-9-18(16-25)15-24(7-2)8-3;/h18H,6-17H2,1-5H3,(H,21,22);1H. The van der Waals surface area contributed by atoms with E-state index in [4.69, 9.17) is 9.73 Å². The van der Waals surface area contributed by atoms with E-state index in [1.54, 1.807) is 0 Å². The molecule has 2 aliphatic rings. The van der Waals surface area contributed by atoms with Crippen molar-refractivity contribution in [2.24, 2.45) is 10.9 Å². The topological polar surface area (TPSA) is 43.3 Å². The van der Waals surface area contributed by atoms with E-state index < -0.39 is 0 Å². The molecule has 0 aromatic carbocycles. The number of nitrogens with zero attached hydrogens (tertiary/aromatic N) is 4. The molecule has 0 bridgehead atoms. The van der Waals surface area contributed by atoms with Gasteiger partial charge in [-0.25, -0.2) is 0 Å². The Morgan fingerprint density at radius 2 is 1.85 bits per heavy atom. The second kappa shape index (κ2) is 12.4. The summed E-state index contributed by atoms with van der Waals surface area (Å²) in [5.41, 5.74) is 0.138. The quantitative estimate of drug-likeness (QED) is 0.318. The Hall–Kier alpha value is -0.120. The molecule has 0 spiro atoms. The third-order valence-corrected chi connectivity index (χ3v) is 6.23. The number of hydrogen-bond acceptors (Lipinski definition) is 4. The Bertz CT molecular complexity index is 436. The van der Waals surface area contributed by atoms with E-state index in [9.17, 15) is 0 Å². The van der Waals surface area contributed by atoms with E-state index in [1.165, 1.54) is 13.0 Å². The van der Waals surface area contributed by atoms with Crippen LogP contribution in [0.1, 0.15) is 40.0 Å². The normalized spacial score (nSPS) is 23.0. The fourth-order valence-corrected chi connectivity index (χ4v) is 4.17. The molecule has 2 saturated heterocycles. The molecule has 0 saturated carbocycles. The van der Waals surface area contributed by atoms with Crippen LogP contribution >= 0.6 is 24.0 Å². The Morgan fingerprint density at radius 3 is 2.41 bits per heavy atom. The Balaban J connectivity index is 0.00000364. The molecule has 2 heterocycles. The predicted octanol–water partition coefficient (Wildman–Crippen LogP) is 2.34. The zero-order valence-corrected chi connectivity index (χ0v) is 20.5. The number of likely N-dealkylation sites (N-methyl/N-ethyl adjacent to an activating group) is 1. The van der Waals surface area contributed by atoms with Gasteiger partial charge < -0.3 is 24.8 Å². The van der Waals surface area contributed by atoms with Crippen molar-refractivity contribution in [1.29, 1.82) is 0 Å². The van der Waals surface area contributed by atoms with Gasteiger partial charge in [-0.15, -0.1) is 24.0 Å². The Morgan fingerprint density at radius 1 is 1.19 bits per heavy atom. The zero-order chi connectivity index (χ0) is 19.0. The van der Waals surface area contributed by atoms with E-state index in [1.807, 2.05) is 0 Å². The highest BCUT2D eigenvalue weighted by atomic mass is 127. The maximum atomic E-state index is 5.60. The van der Waals surface area contributed by atoms with Gasteiger partial charge in [-0.1, -0.05) is 13.8 Å². The molecule has 1 atom stereocenters. The summed E-state index contributed by atoms with van der Waals surface area (Å²) in [6.07, 6.45) is 3.40. The fourth-order valence-electron chi connectivity index (χ4n) is 4.17. The first-order chi connectivity index (χ1) is 12.5. The summed E-state index contributed by atoms with van der Waals surface area (Å²) in [6, 6.07) is 0. The number of ether oxygens (including phenoxy) is 1. The number of aliphatic imine (C=N–C) groups is 1. The lowest BCUT2D eigenvalue weighted by Crippen LogP contribution is -2.52. The van der Waals surface area contributed by atoms with Crippen molar-refractivity contribution in [3.05, 3.63) is 0 Å². The van der Waals surface area contributed by atoms with Crippen LogP contribution in [0.25, 0.3) is 0 Å². The number of guanidine groups is 1. The van der Waals surface area contributed by atoms with Crippen molar-refractivity contribution in [3.8, 4) is 0 Å². The summed E-state index contributed by atoms with van der Waals surface area (Å²) < 4.78 is 5.60. The number of rotatable bonds is 8. The lowest BCUT2D eigenvalue weighted by molar-refractivity contribution is -0.00263. The van der Waals surface area contributed by atoms with Gasteiger partial charge in [-0.05, 0) is 59.3 Å². The Labute approximate surface area is 184 Å². The van der Waals surface area contributed by atoms with Gasteiger partial charge in [0.05, 0.1) is 6.54 Å². The van der Waals surface area contributed by atoms with Crippen molar-refractivity contribution in [2.75, 3.05) is 73.1 Å². The third kappa shape index (κ3) is 7.01. The van der Waals surface area contributed by atoms with E-state index in [0.29, 0.717) is 0 Å². The maximum absolute atomic E-state index is 5.60. The second-order valence-corrected chi connectivity index (χ2v) is 7.99. The van der Waals surface area contributed by atoms with Crippen LogP contribution in [0.5, 0.6) is 0 Å². The molecule has 0 aromatic rings. The van der Waals surface area contributed by atoms with Crippen LogP contribution in [-0.4, -0.2) is 99.3 Å². The number of likely N-dealkylation sites (tertiary alicyclic amines) is 1. The second-order valence-electron chi connectivity index (χ2n) is 7.99. The number of hydrogen-bond donors (Lipinski definition) is 1. The van der Waals surface area contributed by atoms with Crippen molar-refractivity contribution in [1.82, 2.24) is 20.0 Å². The molecule has 1 N–H and O–H groups in total. The van der Waals surface area contributed by atoms with Crippen molar-refractivity contribution < 1.29 is 4.74 Å². The highest BCUT2D eigenvalue weighted by Gasteiger charge is 2.35. The smallest absolute Gasteiger partial charge is 0.193 e. The molecule has 6 nitrogen and oxygen atoms in total. The lowest BCUT2D eigenvalue weighted by Gasteiger charge is -2.42. The third-order valence-electron chi connectivity index (χ3n) is 6.23. The van der Waals surface area contributed by atoms with Gasteiger partial charge in [0.15, 0.2) is 5.96 Å². The molecule has 1 unspecified atom stereocenters. The molecule has 7 heteroatoms. The summed E-state index contributed by atoms with van der Waals surface area (Å²) >= 11 is 0. The molecule has 160 valence electrons. The first-order valence-corrected chi connectivity index (χ1v) is 10.6. The number of halogens is 1. The van der Waals surface area contributed by atoms with Gasteiger partial charge in [0.1, 0.15) is 0 Å². The van der Waals surface area contributed by atoms with E-state index in [0.717, 1.165) is 77.2 Å². The first-order valence-electron chi connectivity index (χ1n) is 10.6. The largest absolute Gasteiger partial charge is 0.381 e. The van der Waals surface area contributed by atoms with Crippen LogP contribution in [-0.2, 0) is 4.74 Å². The van der Waals surface area contributed by atoms with Gasteiger partial charge in [0, 0.05) is 44.9 Å². The van der Waals surface area contributed by atoms with Crippen molar-refractivity contribution in [3.63, 3.8) is 0 Å². The molecule has 27 heavy (non-hydrogen) atoms. The average Bonchev–Trinajstić information content (AvgIpc) is 3.12. The molecule has 0 radical (unpaired) electrons. The highest BCUT2D eigenvalue weighted by Crippen LogP contribution is 2.26. The van der Waals surface area contributed by atoms with Crippen LogP contribution in [0, 0.1) is 5.92 Å². The zero-order valence-electron chi connectivity index (χ0n) is 18.2. The van der Waals surface area contributed by atoms with Crippen LogP contribution in [0.15, 0.2) is 4.99 Å². The monoisotopic (exact) mass is 495 g/mol. The molecule has 0 aromatic heterocycles. The summed E-state index contributed by atoms with van der Waals surface area (Å²) in [4.78, 5) is 12.5. The molecule has 0 amide bonds. The van der Waals surface area contributed by atoms with Gasteiger partial charge in [-0.3, -0.25) is 4.99 Å². The molecular formula is C20H42IN5O.